The summed E-state index contributed by atoms with van der Waals surface area (Å²) in [6.45, 7) is 8.23. The lowest BCUT2D eigenvalue weighted by molar-refractivity contribution is -0.306. The van der Waals surface area contributed by atoms with Crippen LogP contribution < -0.4 is 9.84 Å². The molecule has 1 heterocycles. The molecule has 3 aromatic carbocycles. The zero-order valence-electron chi connectivity index (χ0n) is 24.6. The smallest absolute Gasteiger partial charge is 0.260 e. The lowest BCUT2D eigenvalue weighted by Crippen LogP contribution is -2.32. The predicted octanol–water partition coefficient (Wildman–Crippen LogP) is 5.63. The van der Waals surface area contributed by atoms with Gasteiger partial charge in [-0.2, -0.15) is 0 Å². The van der Waals surface area contributed by atoms with Gasteiger partial charge in [0.05, 0.1) is 0 Å². The number of aryl methyl sites for hydroxylation is 4. The van der Waals surface area contributed by atoms with Crippen molar-refractivity contribution in [1.29, 1.82) is 0 Å². The molecule has 0 aromatic heterocycles. The van der Waals surface area contributed by atoms with Crippen molar-refractivity contribution in [3.63, 3.8) is 0 Å². The summed E-state index contributed by atoms with van der Waals surface area (Å²) in [6, 6.07) is 17.4. The minimum absolute atomic E-state index is 0.0678. The molecule has 3 aromatic rings. The molecule has 1 spiro atoms. The molecule has 0 bridgehead atoms. The Kier molecular flexibility index (Phi) is 7.39. The highest BCUT2D eigenvalue weighted by Gasteiger charge is 2.53. The fraction of sp³-hybridized carbons (Fsp3) is 0.444. The van der Waals surface area contributed by atoms with Crippen molar-refractivity contribution in [3.05, 3.63) is 87.5 Å². The number of amides is 1. The molecule has 1 saturated carbocycles. The molecule has 6 rings (SSSR count). The molecule has 0 N–H and O–H groups in total. The van der Waals surface area contributed by atoms with Gasteiger partial charge in [0.1, 0.15) is 5.75 Å². The van der Waals surface area contributed by atoms with Gasteiger partial charge in [0, 0.05) is 19.1 Å². The Morgan fingerprint density at radius 1 is 0.976 bits per heavy atom. The monoisotopic (exact) mass is 550 g/mol. The fourth-order valence-corrected chi connectivity index (χ4v) is 7.46. The Morgan fingerprint density at radius 2 is 1.71 bits per heavy atom. The van der Waals surface area contributed by atoms with Crippen LogP contribution in [-0.4, -0.2) is 36.5 Å². The third kappa shape index (κ3) is 5.51. The molecule has 41 heavy (non-hydrogen) atoms. The van der Waals surface area contributed by atoms with E-state index in [9.17, 15) is 14.7 Å². The van der Waals surface area contributed by atoms with Crippen LogP contribution in [0, 0.1) is 26.2 Å². The molecule has 214 valence electrons. The number of rotatable bonds is 9. The number of carbonyl (C=O) groups is 2. The molecular weight excluding hydrogens is 510 g/mol. The van der Waals surface area contributed by atoms with Crippen molar-refractivity contribution >= 4 is 11.9 Å². The molecule has 1 atom stereocenters. The summed E-state index contributed by atoms with van der Waals surface area (Å²) in [5.74, 6) is -0.00658. The Morgan fingerprint density at radius 3 is 2.39 bits per heavy atom. The van der Waals surface area contributed by atoms with Crippen LogP contribution in [0.2, 0.25) is 0 Å². The topological polar surface area (TPSA) is 69.7 Å². The van der Waals surface area contributed by atoms with E-state index in [1.54, 1.807) is 0 Å². The second-order valence-electron chi connectivity index (χ2n) is 12.6. The number of ether oxygens (including phenoxy) is 1. The summed E-state index contributed by atoms with van der Waals surface area (Å²) >= 11 is 0. The Labute approximate surface area is 243 Å². The van der Waals surface area contributed by atoms with Gasteiger partial charge in [0.25, 0.3) is 5.91 Å². The highest BCUT2D eigenvalue weighted by Crippen LogP contribution is 2.64. The molecular formula is C36H40NO4-. The highest BCUT2D eigenvalue weighted by atomic mass is 16.5. The molecule has 1 amide bonds. The number of fused-ring (bicyclic) bond motifs is 1. The van der Waals surface area contributed by atoms with Gasteiger partial charge < -0.3 is 19.5 Å². The van der Waals surface area contributed by atoms with Crippen LogP contribution in [0.4, 0.5) is 0 Å². The van der Waals surface area contributed by atoms with Crippen molar-refractivity contribution in [2.24, 2.45) is 5.41 Å². The highest BCUT2D eigenvalue weighted by molar-refractivity contribution is 5.78. The van der Waals surface area contributed by atoms with Crippen LogP contribution in [0.15, 0.2) is 48.5 Å². The van der Waals surface area contributed by atoms with Gasteiger partial charge in [-0.1, -0.05) is 36.4 Å². The van der Waals surface area contributed by atoms with Crippen LogP contribution in [0.5, 0.6) is 5.75 Å². The predicted molar refractivity (Wildman–Crippen MR) is 159 cm³/mol. The maximum Gasteiger partial charge on any atom is 0.260 e. The van der Waals surface area contributed by atoms with E-state index in [1.165, 1.54) is 38.9 Å². The Balaban J connectivity index is 1.15. The molecule has 2 fully saturated rings. The first-order chi connectivity index (χ1) is 19.7. The summed E-state index contributed by atoms with van der Waals surface area (Å²) in [5.41, 5.74) is 11.5. The summed E-state index contributed by atoms with van der Waals surface area (Å²) in [4.78, 5) is 25.7. The molecule has 1 unspecified atom stereocenters. The molecule has 3 aliphatic rings. The lowest BCUT2D eigenvalue weighted by atomic mass is 9.86. The third-order valence-electron chi connectivity index (χ3n) is 9.85. The van der Waals surface area contributed by atoms with Crippen LogP contribution >= 0.6 is 0 Å². The molecule has 1 aliphatic heterocycles. The maximum atomic E-state index is 12.4. The van der Waals surface area contributed by atoms with E-state index in [1.807, 2.05) is 4.90 Å². The summed E-state index contributed by atoms with van der Waals surface area (Å²) in [7, 11) is 0. The van der Waals surface area contributed by atoms with Gasteiger partial charge in [0.15, 0.2) is 6.61 Å². The van der Waals surface area contributed by atoms with E-state index < -0.39 is 5.97 Å². The molecule has 1 saturated heterocycles. The summed E-state index contributed by atoms with van der Waals surface area (Å²) < 4.78 is 5.92. The van der Waals surface area contributed by atoms with Crippen molar-refractivity contribution < 1.29 is 19.4 Å². The van der Waals surface area contributed by atoms with E-state index in [0.717, 1.165) is 74.9 Å². The zero-order chi connectivity index (χ0) is 28.7. The number of hydrogen-bond acceptors (Lipinski definition) is 4. The number of benzene rings is 3. The largest absolute Gasteiger partial charge is 0.550 e. The first-order valence-corrected chi connectivity index (χ1v) is 15.2. The Hall–Kier alpha value is -3.60. The van der Waals surface area contributed by atoms with Gasteiger partial charge in [-0.25, -0.2) is 0 Å². The van der Waals surface area contributed by atoms with E-state index in [0.29, 0.717) is 0 Å². The van der Waals surface area contributed by atoms with Crippen LogP contribution in [0.25, 0.3) is 11.1 Å². The first-order valence-electron chi connectivity index (χ1n) is 15.2. The minimum Gasteiger partial charge on any atom is -0.550 e. The zero-order valence-corrected chi connectivity index (χ0v) is 24.6. The van der Waals surface area contributed by atoms with Gasteiger partial charge in [0.2, 0.25) is 0 Å². The third-order valence-corrected chi connectivity index (χ3v) is 9.85. The van der Waals surface area contributed by atoms with Crippen molar-refractivity contribution in [1.82, 2.24) is 4.90 Å². The second-order valence-corrected chi connectivity index (χ2v) is 12.6. The van der Waals surface area contributed by atoms with E-state index >= 15 is 0 Å². The molecule has 0 radical (unpaired) electrons. The summed E-state index contributed by atoms with van der Waals surface area (Å²) in [6.07, 6.45) is 7.47. The normalized spacial score (nSPS) is 18.5. The summed E-state index contributed by atoms with van der Waals surface area (Å²) in [5, 5.41) is 11.4. The average molecular weight is 551 g/mol. The number of hydrogen-bond donors (Lipinski definition) is 0. The fourth-order valence-electron chi connectivity index (χ4n) is 7.46. The van der Waals surface area contributed by atoms with Crippen molar-refractivity contribution in [2.45, 2.75) is 78.1 Å². The lowest BCUT2D eigenvalue weighted by Gasteiger charge is -2.20. The van der Waals surface area contributed by atoms with Crippen LogP contribution in [-0.2, 0) is 28.9 Å². The van der Waals surface area contributed by atoms with Crippen molar-refractivity contribution in [3.8, 4) is 16.9 Å². The minimum atomic E-state index is -0.936. The maximum absolute atomic E-state index is 12.4. The van der Waals surface area contributed by atoms with Gasteiger partial charge >= 0.3 is 0 Å². The molecule has 5 heteroatoms. The number of carboxylic acids is 1. The first kappa shape index (κ1) is 27.6. The average Bonchev–Trinajstić information content (AvgIpc) is 3.36. The SMILES string of the molecule is Cc1cc(OCC(=O)N2CCCC2)cc(C)c1-c1cccc(CCc2ccc3c(c2)CC2(CC2)C3CC(=O)[O-])c1C. The van der Waals surface area contributed by atoms with E-state index in [4.69, 9.17) is 4.74 Å². The number of carboxylic acid groups (broad SMARTS) is 1. The second kappa shape index (κ2) is 11.0. The number of carbonyl (C=O) groups excluding carboxylic acids is 2. The van der Waals surface area contributed by atoms with Crippen molar-refractivity contribution in [2.75, 3.05) is 19.7 Å². The number of nitrogens with zero attached hydrogens (tertiary/aromatic N) is 1. The molecule has 5 nitrogen and oxygen atoms in total. The molecule has 2 aliphatic carbocycles. The van der Waals surface area contributed by atoms with E-state index in [2.05, 4.69) is 69.3 Å². The van der Waals surface area contributed by atoms with Gasteiger partial charge in [-0.05, 0) is 146 Å². The Bertz CT molecular complexity index is 1470. The number of aliphatic carboxylic acids is 1. The van der Waals surface area contributed by atoms with Crippen LogP contribution in [0.3, 0.4) is 0 Å². The number of likely N-dealkylation sites (tertiary alicyclic amines) is 1. The van der Waals surface area contributed by atoms with Gasteiger partial charge in [-0.15, -0.1) is 0 Å². The van der Waals surface area contributed by atoms with E-state index in [-0.39, 0.29) is 30.3 Å². The standard InChI is InChI=1S/C36H41NO4/c1-23-17-29(41-22-33(38)37-15-4-5-16-37)18-24(2)35(23)30-8-6-7-27(25(30)3)11-9-26-10-12-31-28(19-26)21-36(13-14-36)32(31)20-34(39)40/h6-8,10,12,17-19,32H,4-5,9,11,13-16,20-22H2,1-3H3,(H,39,40)/p-1. The quantitative estimate of drug-likeness (QED) is 0.347. The van der Waals surface area contributed by atoms with Crippen LogP contribution in [0.1, 0.15) is 77.0 Å². The van der Waals surface area contributed by atoms with Gasteiger partial charge in [-0.3, -0.25) is 4.79 Å².